The highest BCUT2D eigenvalue weighted by Crippen LogP contribution is 2.25. The summed E-state index contributed by atoms with van der Waals surface area (Å²) in [7, 11) is 1.61. The van der Waals surface area contributed by atoms with Crippen molar-refractivity contribution in [1.82, 2.24) is 5.32 Å². The highest BCUT2D eigenvalue weighted by atomic mass is 79.9. The lowest BCUT2D eigenvalue weighted by atomic mass is 10.0. The zero-order chi connectivity index (χ0) is 13.7. The first-order valence-corrected chi connectivity index (χ1v) is 6.60. The number of carbonyl (C=O) groups is 1. The highest BCUT2D eigenvalue weighted by Gasteiger charge is 2.16. The van der Waals surface area contributed by atoms with Gasteiger partial charge in [-0.15, -0.1) is 0 Å². The van der Waals surface area contributed by atoms with Crippen LogP contribution in [-0.4, -0.2) is 19.1 Å². The van der Waals surface area contributed by atoms with E-state index in [9.17, 15) is 4.79 Å². The number of nitrogens with two attached hydrogens (primary N) is 1. The second-order valence-electron chi connectivity index (χ2n) is 4.46. The van der Waals surface area contributed by atoms with Crippen LogP contribution in [0.1, 0.15) is 19.4 Å². The number of ether oxygens (including phenoxy) is 1. The fourth-order valence-corrected chi connectivity index (χ4v) is 2.02. The summed E-state index contributed by atoms with van der Waals surface area (Å²) in [5, 5.41) is 2.82. The van der Waals surface area contributed by atoms with E-state index in [1.807, 2.05) is 32.0 Å². The van der Waals surface area contributed by atoms with Crippen LogP contribution in [0.2, 0.25) is 0 Å². The molecule has 0 bridgehead atoms. The summed E-state index contributed by atoms with van der Waals surface area (Å²) in [6.45, 7) is 4.31. The van der Waals surface area contributed by atoms with E-state index in [0.29, 0.717) is 6.54 Å². The molecule has 0 fully saturated rings. The molecule has 0 heterocycles. The van der Waals surface area contributed by atoms with E-state index in [0.717, 1.165) is 15.8 Å². The topological polar surface area (TPSA) is 64.3 Å². The van der Waals surface area contributed by atoms with Crippen molar-refractivity contribution in [3.63, 3.8) is 0 Å². The Morgan fingerprint density at radius 2 is 2.17 bits per heavy atom. The fraction of sp³-hybridized carbons (Fsp3) is 0.462. The number of benzene rings is 1. The monoisotopic (exact) mass is 314 g/mol. The largest absolute Gasteiger partial charge is 0.496 e. The van der Waals surface area contributed by atoms with E-state index < -0.39 is 6.04 Å². The normalized spacial score (nSPS) is 12.3. The predicted molar refractivity (Wildman–Crippen MR) is 75.4 cm³/mol. The number of amides is 1. The number of methoxy groups -OCH3 is 1. The molecule has 0 saturated carbocycles. The molecular weight excluding hydrogens is 296 g/mol. The fourth-order valence-electron chi connectivity index (χ4n) is 1.43. The van der Waals surface area contributed by atoms with E-state index in [1.165, 1.54) is 0 Å². The second kappa shape index (κ2) is 6.75. The third-order valence-electron chi connectivity index (χ3n) is 2.70. The van der Waals surface area contributed by atoms with Crippen molar-refractivity contribution < 1.29 is 9.53 Å². The Balaban J connectivity index is 2.59. The smallest absolute Gasteiger partial charge is 0.237 e. The molecule has 4 nitrogen and oxygen atoms in total. The van der Waals surface area contributed by atoms with Crippen LogP contribution in [0, 0.1) is 5.92 Å². The van der Waals surface area contributed by atoms with E-state index in [4.69, 9.17) is 10.5 Å². The average molecular weight is 315 g/mol. The van der Waals surface area contributed by atoms with Crippen LogP contribution in [0.4, 0.5) is 0 Å². The molecule has 0 aromatic heterocycles. The first kappa shape index (κ1) is 15.0. The maximum atomic E-state index is 11.7. The van der Waals surface area contributed by atoms with Gasteiger partial charge in [-0.2, -0.15) is 0 Å². The lowest BCUT2D eigenvalue weighted by Gasteiger charge is -2.15. The maximum absolute atomic E-state index is 11.7. The summed E-state index contributed by atoms with van der Waals surface area (Å²) in [5.41, 5.74) is 6.75. The molecule has 1 rings (SSSR count). The van der Waals surface area contributed by atoms with Gasteiger partial charge in [0.15, 0.2) is 0 Å². The van der Waals surface area contributed by atoms with Gasteiger partial charge in [0.1, 0.15) is 5.75 Å². The summed E-state index contributed by atoms with van der Waals surface area (Å²) in [6.07, 6.45) is 0. The molecule has 0 saturated heterocycles. The Labute approximate surface area is 116 Å². The molecular formula is C13H19BrN2O2. The number of rotatable bonds is 5. The summed E-state index contributed by atoms with van der Waals surface area (Å²) in [6, 6.07) is 5.21. The molecule has 18 heavy (non-hydrogen) atoms. The van der Waals surface area contributed by atoms with Gasteiger partial charge in [0.25, 0.3) is 0 Å². The third kappa shape index (κ3) is 3.99. The minimum absolute atomic E-state index is 0.128. The van der Waals surface area contributed by atoms with Crippen molar-refractivity contribution in [3.8, 4) is 5.75 Å². The molecule has 0 unspecified atom stereocenters. The van der Waals surface area contributed by atoms with Gasteiger partial charge >= 0.3 is 0 Å². The molecule has 0 aliphatic carbocycles. The predicted octanol–water partition coefficient (Wildman–Crippen LogP) is 2.06. The Hall–Kier alpha value is -1.07. The van der Waals surface area contributed by atoms with Crippen molar-refractivity contribution in [2.45, 2.75) is 26.4 Å². The van der Waals surface area contributed by atoms with Gasteiger partial charge in [-0.25, -0.2) is 0 Å². The molecule has 5 heteroatoms. The van der Waals surface area contributed by atoms with Gasteiger partial charge in [0.05, 0.1) is 17.6 Å². The van der Waals surface area contributed by atoms with Crippen LogP contribution in [0.25, 0.3) is 0 Å². The van der Waals surface area contributed by atoms with Crippen LogP contribution in [0.15, 0.2) is 22.7 Å². The number of nitrogens with one attached hydrogen (secondary N) is 1. The quantitative estimate of drug-likeness (QED) is 0.874. The van der Waals surface area contributed by atoms with Crippen molar-refractivity contribution in [3.05, 3.63) is 28.2 Å². The minimum Gasteiger partial charge on any atom is -0.496 e. The molecule has 3 N–H and O–H groups in total. The summed E-state index contributed by atoms with van der Waals surface area (Å²) >= 11 is 3.40. The second-order valence-corrected chi connectivity index (χ2v) is 5.31. The SMILES string of the molecule is COc1ccc(CNC(=O)[C@@H](N)C(C)C)cc1Br. The van der Waals surface area contributed by atoms with Gasteiger partial charge < -0.3 is 15.8 Å². The van der Waals surface area contributed by atoms with Crippen molar-refractivity contribution in [1.29, 1.82) is 0 Å². The zero-order valence-corrected chi connectivity index (χ0v) is 12.5. The van der Waals surface area contributed by atoms with E-state index in [1.54, 1.807) is 7.11 Å². The lowest BCUT2D eigenvalue weighted by Crippen LogP contribution is -2.43. The van der Waals surface area contributed by atoms with Crippen LogP contribution in [-0.2, 0) is 11.3 Å². The molecule has 1 aromatic rings. The summed E-state index contributed by atoms with van der Waals surface area (Å²) in [4.78, 5) is 11.7. The van der Waals surface area contributed by atoms with Crippen LogP contribution < -0.4 is 15.8 Å². The van der Waals surface area contributed by atoms with Gasteiger partial charge in [0.2, 0.25) is 5.91 Å². The lowest BCUT2D eigenvalue weighted by molar-refractivity contribution is -0.123. The Morgan fingerprint density at radius 3 is 2.67 bits per heavy atom. The Kier molecular flexibility index (Phi) is 5.62. The molecule has 1 amide bonds. The van der Waals surface area contributed by atoms with Crippen molar-refractivity contribution >= 4 is 21.8 Å². The van der Waals surface area contributed by atoms with Gasteiger partial charge in [-0.05, 0) is 39.5 Å². The first-order valence-electron chi connectivity index (χ1n) is 5.81. The van der Waals surface area contributed by atoms with Crippen molar-refractivity contribution in [2.75, 3.05) is 7.11 Å². The Morgan fingerprint density at radius 1 is 1.50 bits per heavy atom. The van der Waals surface area contributed by atoms with Gasteiger partial charge in [-0.3, -0.25) is 4.79 Å². The molecule has 0 aliphatic rings. The minimum atomic E-state index is -0.466. The number of halogens is 1. The maximum Gasteiger partial charge on any atom is 0.237 e. The standard InChI is InChI=1S/C13H19BrN2O2/c1-8(2)12(15)13(17)16-7-9-4-5-11(18-3)10(14)6-9/h4-6,8,12H,7,15H2,1-3H3,(H,16,17)/t12-/m0/s1. The van der Waals surface area contributed by atoms with Gasteiger partial charge in [-0.1, -0.05) is 19.9 Å². The van der Waals surface area contributed by atoms with Crippen LogP contribution in [0.3, 0.4) is 0 Å². The van der Waals surface area contributed by atoms with Gasteiger partial charge in [0, 0.05) is 6.54 Å². The highest BCUT2D eigenvalue weighted by molar-refractivity contribution is 9.10. The molecule has 1 atom stereocenters. The van der Waals surface area contributed by atoms with E-state index >= 15 is 0 Å². The number of hydrogen-bond acceptors (Lipinski definition) is 3. The number of carbonyl (C=O) groups excluding carboxylic acids is 1. The molecule has 1 aromatic carbocycles. The molecule has 0 radical (unpaired) electrons. The summed E-state index contributed by atoms with van der Waals surface area (Å²) < 4.78 is 6.01. The first-order chi connectivity index (χ1) is 8.45. The zero-order valence-electron chi connectivity index (χ0n) is 10.9. The molecule has 0 spiro atoms. The molecule has 100 valence electrons. The van der Waals surface area contributed by atoms with Crippen LogP contribution in [0.5, 0.6) is 5.75 Å². The summed E-state index contributed by atoms with van der Waals surface area (Å²) in [5.74, 6) is 0.772. The Bertz CT molecular complexity index is 421. The average Bonchev–Trinajstić information content (AvgIpc) is 2.35. The molecule has 0 aliphatic heterocycles. The third-order valence-corrected chi connectivity index (χ3v) is 3.32. The van der Waals surface area contributed by atoms with Crippen LogP contribution >= 0.6 is 15.9 Å². The van der Waals surface area contributed by atoms with E-state index in [-0.39, 0.29) is 11.8 Å². The van der Waals surface area contributed by atoms with E-state index in [2.05, 4.69) is 21.2 Å². The van der Waals surface area contributed by atoms with Crippen molar-refractivity contribution in [2.24, 2.45) is 11.7 Å². The number of hydrogen-bond donors (Lipinski definition) is 2.